The van der Waals surface area contributed by atoms with E-state index in [1.807, 2.05) is 0 Å². The predicted molar refractivity (Wildman–Crippen MR) is 92.1 cm³/mol. The number of carbonyl (C=O) groups excluding carboxylic acids is 3. The fourth-order valence-corrected chi connectivity index (χ4v) is 4.80. The molecule has 0 radical (unpaired) electrons. The molecule has 6 nitrogen and oxygen atoms in total. The summed E-state index contributed by atoms with van der Waals surface area (Å²) in [7, 11) is 3.02. The summed E-state index contributed by atoms with van der Waals surface area (Å²) in [5.74, 6) is 0.202. The van der Waals surface area contributed by atoms with Gasteiger partial charge in [-0.3, -0.25) is 9.59 Å². The number of ether oxygens (including phenoxy) is 1. The van der Waals surface area contributed by atoms with Crippen LogP contribution in [0.15, 0.2) is 0 Å². The lowest BCUT2D eigenvalue weighted by Crippen LogP contribution is -2.54. The van der Waals surface area contributed by atoms with Crippen molar-refractivity contribution in [3.05, 3.63) is 0 Å². The molecule has 0 saturated carbocycles. The number of carbonyl (C=O) groups is 3. The maximum absolute atomic E-state index is 12.3. The molecule has 2 fully saturated rings. The molecule has 130 valence electrons. The van der Waals surface area contributed by atoms with Crippen LogP contribution in [0.25, 0.3) is 0 Å². The number of hydrogen-bond acceptors (Lipinski definition) is 6. The molecule has 0 spiro atoms. The molecule has 2 atom stereocenters. The second kappa shape index (κ2) is 10.1. The van der Waals surface area contributed by atoms with Crippen LogP contribution in [0.2, 0.25) is 0 Å². The molecule has 2 rings (SSSR count). The predicted octanol–water partition coefficient (Wildman–Crippen LogP) is 1.64. The number of fused-ring (bicyclic) bond motifs is 3. The summed E-state index contributed by atoms with van der Waals surface area (Å²) < 4.78 is 5.27. The third-order valence-electron chi connectivity index (χ3n) is 3.85. The average molecular weight is 361 g/mol. The van der Waals surface area contributed by atoms with Crippen molar-refractivity contribution in [1.82, 2.24) is 10.6 Å². The Balaban J connectivity index is 2.00. The van der Waals surface area contributed by atoms with Gasteiger partial charge in [0.15, 0.2) is 0 Å². The molecule has 2 heterocycles. The first-order valence-corrected chi connectivity index (χ1v) is 10.7. The summed E-state index contributed by atoms with van der Waals surface area (Å²) >= 11 is 0. The largest absolute Gasteiger partial charge is 0.464 e. The van der Waals surface area contributed by atoms with Crippen molar-refractivity contribution in [3.8, 4) is 0 Å². The monoisotopic (exact) mass is 360 g/mol. The molecule has 2 N–H and O–H groups in total. The van der Waals surface area contributed by atoms with E-state index in [0.717, 1.165) is 38.5 Å². The van der Waals surface area contributed by atoms with Crippen LogP contribution in [0.1, 0.15) is 44.9 Å². The van der Waals surface area contributed by atoms with Gasteiger partial charge in [0.05, 0.1) is 6.61 Å². The minimum atomic E-state index is -0.646. The van der Waals surface area contributed by atoms with Crippen molar-refractivity contribution in [3.63, 3.8) is 0 Å². The summed E-state index contributed by atoms with van der Waals surface area (Å²) in [6.07, 6.45) is 6.35. The van der Waals surface area contributed by atoms with Crippen molar-refractivity contribution < 1.29 is 19.1 Å². The van der Waals surface area contributed by atoms with E-state index in [-0.39, 0.29) is 17.8 Å². The first-order valence-electron chi connectivity index (χ1n) is 8.17. The van der Waals surface area contributed by atoms with Crippen LogP contribution in [0.3, 0.4) is 0 Å². The van der Waals surface area contributed by atoms with E-state index in [4.69, 9.17) is 4.74 Å². The zero-order valence-electron chi connectivity index (χ0n) is 13.2. The van der Waals surface area contributed by atoms with E-state index in [9.17, 15) is 14.4 Å². The molecular weight excluding hydrogens is 336 g/mol. The van der Waals surface area contributed by atoms with E-state index < -0.39 is 12.1 Å². The zero-order valence-corrected chi connectivity index (χ0v) is 14.8. The molecule has 0 aliphatic carbocycles. The third-order valence-corrected chi connectivity index (χ3v) is 6.27. The molecule has 8 heteroatoms. The molecule has 0 aromatic heterocycles. The Hall–Kier alpha value is -0.890. The van der Waals surface area contributed by atoms with E-state index in [1.54, 1.807) is 0 Å². The van der Waals surface area contributed by atoms with E-state index in [2.05, 4.69) is 10.6 Å². The van der Waals surface area contributed by atoms with E-state index in [1.165, 1.54) is 21.6 Å². The average Bonchev–Trinajstić information content (AvgIpc) is 2.51. The first-order chi connectivity index (χ1) is 11.2. The first kappa shape index (κ1) is 18.4. The zero-order chi connectivity index (χ0) is 16.5. The highest BCUT2D eigenvalue weighted by molar-refractivity contribution is 8.76. The topological polar surface area (TPSA) is 84.5 Å². The number of amides is 2. The SMILES string of the molecule is O=C1CCCCCCCCOC(=O)C2CSSCC(N1)C(=O)N2. The molecular formula is C15H24N2O4S2. The summed E-state index contributed by atoms with van der Waals surface area (Å²) in [6, 6.07) is -1.24. The molecule has 2 unspecified atom stereocenters. The Morgan fingerprint density at radius 3 is 2.26 bits per heavy atom. The van der Waals surface area contributed by atoms with E-state index >= 15 is 0 Å². The van der Waals surface area contributed by atoms with Gasteiger partial charge in [0.1, 0.15) is 12.1 Å². The fraction of sp³-hybridized carbons (Fsp3) is 0.800. The van der Waals surface area contributed by atoms with Crippen LogP contribution >= 0.6 is 21.6 Å². The van der Waals surface area contributed by atoms with Gasteiger partial charge in [-0.1, -0.05) is 47.3 Å². The van der Waals surface area contributed by atoms with Crippen molar-refractivity contribution in [2.75, 3.05) is 18.1 Å². The fourth-order valence-electron chi connectivity index (χ4n) is 2.49. The van der Waals surface area contributed by atoms with Crippen LogP contribution < -0.4 is 10.6 Å². The molecule has 2 aliphatic rings. The highest BCUT2D eigenvalue weighted by Crippen LogP contribution is 2.25. The minimum Gasteiger partial charge on any atom is -0.464 e. The lowest BCUT2D eigenvalue weighted by Gasteiger charge is -2.25. The lowest BCUT2D eigenvalue weighted by atomic mass is 10.1. The normalized spacial score (nSPS) is 29.0. The Morgan fingerprint density at radius 1 is 0.826 bits per heavy atom. The number of cyclic esters (lactones) is 1. The van der Waals surface area contributed by atoms with Gasteiger partial charge in [-0.25, -0.2) is 4.79 Å². The number of esters is 1. The quantitative estimate of drug-likeness (QED) is 0.505. The Bertz CT molecular complexity index is 434. The standard InChI is InChI=1S/C15H24N2O4S2/c18-13-7-5-3-1-2-4-6-8-21-15(20)12-10-23-22-9-11(16-13)14(19)17-12/h11-12H,1-10H2,(H,16,18)(H,17,19). The number of nitrogens with one attached hydrogen (secondary N) is 2. The van der Waals surface area contributed by atoms with Crippen LogP contribution in [0.4, 0.5) is 0 Å². The maximum Gasteiger partial charge on any atom is 0.329 e. The second-order valence-corrected chi connectivity index (χ2v) is 8.34. The molecule has 23 heavy (non-hydrogen) atoms. The van der Waals surface area contributed by atoms with Crippen LogP contribution in [0.5, 0.6) is 0 Å². The summed E-state index contributed by atoms with van der Waals surface area (Å²) in [4.78, 5) is 36.3. The van der Waals surface area contributed by atoms with Gasteiger partial charge in [0.25, 0.3) is 0 Å². The second-order valence-electron chi connectivity index (χ2n) is 5.79. The highest BCUT2D eigenvalue weighted by atomic mass is 33.1. The van der Waals surface area contributed by atoms with Gasteiger partial charge < -0.3 is 15.4 Å². The number of hydrogen-bond donors (Lipinski definition) is 2. The third kappa shape index (κ3) is 6.63. The summed E-state index contributed by atoms with van der Waals surface area (Å²) in [5.41, 5.74) is 0. The smallest absolute Gasteiger partial charge is 0.329 e. The molecule has 2 aliphatic heterocycles. The van der Waals surface area contributed by atoms with Crippen LogP contribution in [0, 0.1) is 0 Å². The Kier molecular flexibility index (Phi) is 8.08. The Morgan fingerprint density at radius 2 is 1.48 bits per heavy atom. The Labute approximate surface area is 144 Å². The van der Waals surface area contributed by atoms with Crippen LogP contribution in [-0.2, 0) is 19.1 Å². The molecule has 0 aromatic carbocycles. The lowest BCUT2D eigenvalue weighted by molar-refractivity contribution is -0.147. The van der Waals surface area contributed by atoms with Gasteiger partial charge in [0, 0.05) is 17.9 Å². The van der Waals surface area contributed by atoms with Crippen LogP contribution in [-0.4, -0.2) is 48.0 Å². The minimum absolute atomic E-state index is 0.0949. The number of rotatable bonds is 0. The van der Waals surface area contributed by atoms with E-state index in [0.29, 0.717) is 24.5 Å². The van der Waals surface area contributed by atoms with Gasteiger partial charge in [-0.2, -0.15) is 0 Å². The molecule has 2 bridgehead atoms. The highest BCUT2D eigenvalue weighted by Gasteiger charge is 2.30. The van der Waals surface area contributed by atoms with Gasteiger partial charge in [-0.05, 0) is 12.8 Å². The molecule has 2 saturated heterocycles. The van der Waals surface area contributed by atoms with Gasteiger partial charge in [-0.15, -0.1) is 0 Å². The van der Waals surface area contributed by atoms with Crippen molar-refractivity contribution in [2.24, 2.45) is 0 Å². The molecule has 0 aromatic rings. The summed E-state index contributed by atoms with van der Waals surface area (Å²) in [5, 5.41) is 5.49. The van der Waals surface area contributed by atoms with Crippen molar-refractivity contribution in [2.45, 2.75) is 57.0 Å². The molecule has 2 amide bonds. The summed E-state index contributed by atoms with van der Waals surface area (Å²) in [6.45, 7) is 0.406. The maximum atomic E-state index is 12.3. The van der Waals surface area contributed by atoms with Crippen molar-refractivity contribution in [1.29, 1.82) is 0 Å². The van der Waals surface area contributed by atoms with Crippen molar-refractivity contribution >= 4 is 39.4 Å². The van der Waals surface area contributed by atoms with Gasteiger partial charge in [0.2, 0.25) is 11.8 Å². The van der Waals surface area contributed by atoms with Gasteiger partial charge >= 0.3 is 5.97 Å².